The molecule has 0 unspecified atom stereocenters. The van der Waals surface area contributed by atoms with Crippen LogP contribution in [-0.2, 0) is 4.79 Å². The fourth-order valence-corrected chi connectivity index (χ4v) is 4.66. The van der Waals surface area contributed by atoms with Gasteiger partial charge in [0.25, 0.3) is 5.91 Å². The predicted octanol–water partition coefficient (Wildman–Crippen LogP) is 5.56. The first kappa shape index (κ1) is 18.1. The molecule has 2 aliphatic rings. The number of hydrogen-bond acceptors (Lipinski definition) is 2. The lowest BCUT2D eigenvalue weighted by molar-refractivity contribution is -0.116. The SMILES string of the molecule is Cc1c(-c2ccc(F)cc2)ccc(Cl)c1C1=C(O)C2(CCCCC2)NC1=O. The summed E-state index contributed by atoms with van der Waals surface area (Å²) in [5, 5.41) is 14.5. The molecule has 3 nitrogen and oxygen atoms in total. The van der Waals surface area contributed by atoms with Crippen LogP contribution in [0.3, 0.4) is 0 Å². The van der Waals surface area contributed by atoms with Crippen molar-refractivity contribution in [1.29, 1.82) is 0 Å². The van der Waals surface area contributed by atoms with Crippen molar-refractivity contribution in [3.05, 3.63) is 64.1 Å². The molecule has 2 aromatic rings. The van der Waals surface area contributed by atoms with Crippen molar-refractivity contribution in [1.82, 2.24) is 5.32 Å². The lowest BCUT2D eigenvalue weighted by Crippen LogP contribution is -2.46. The number of aliphatic hydroxyl groups is 1. The van der Waals surface area contributed by atoms with E-state index in [1.165, 1.54) is 12.1 Å². The first-order valence-electron chi connectivity index (χ1n) is 9.24. The molecule has 0 aromatic heterocycles. The first-order chi connectivity index (χ1) is 12.9. The summed E-state index contributed by atoms with van der Waals surface area (Å²) in [5.41, 5.74) is 2.63. The van der Waals surface area contributed by atoms with E-state index in [0.29, 0.717) is 10.6 Å². The van der Waals surface area contributed by atoms with Crippen molar-refractivity contribution in [2.24, 2.45) is 0 Å². The van der Waals surface area contributed by atoms with Crippen LogP contribution in [0.15, 0.2) is 42.2 Å². The monoisotopic (exact) mass is 385 g/mol. The van der Waals surface area contributed by atoms with Crippen LogP contribution < -0.4 is 5.32 Å². The van der Waals surface area contributed by atoms with Gasteiger partial charge in [-0.1, -0.05) is 49.1 Å². The molecule has 0 radical (unpaired) electrons. The van der Waals surface area contributed by atoms with E-state index >= 15 is 0 Å². The highest BCUT2D eigenvalue weighted by atomic mass is 35.5. The van der Waals surface area contributed by atoms with Gasteiger partial charge in [0.1, 0.15) is 11.6 Å². The predicted molar refractivity (Wildman–Crippen MR) is 105 cm³/mol. The van der Waals surface area contributed by atoms with Gasteiger partial charge >= 0.3 is 0 Å². The van der Waals surface area contributed by atoms with E-state index in [0.717, 1.165) is 48.8 Å². The van der Waals surface area contributed by atoms with Gasteiger partial charge in [0, 0.05) is 10.6 Å². The Bertz CT molecular complexity index is 944. The maximum Gasteiger partial charge on any atom is 0.256 e. The summed E-state index contributed by atoms with van der Waals surface area (Å²) in [4.78, 5) is 12.8. The summed E-state index contributed by atoms with van der Waals surface area (Å²) in [7, 11) is 0. The zero-order chi connectivity index (χ0) is 19.2. The number of benzene rings is 2. The first-order valence-corrected chi connectivity index (χ1v) is 9.62. The Balaban J connectivity index is 1.87. The van der Waals surface area contributed by atoms with Crippen LogP contribution in [0, 0.1) is 12.7 Å². The Hall–Kier alpha value is -2.33. The molecule has 2 N–H and O–H groups in total. The van der Waals surface area contributed by atoms with Gasteiger partial charge in [0.05, 0.1) is 11.1 Å². The Kier molecular flexibility index (Phi) is 4.47. The minimum atomic E-state index is -0.660. The van der Waals surface area contributed by atoms with Crippen molar-refractivity contribution < 1.29 is 14.3 Å². The lowest BCUT2D eigenvalue weighted by Gasteiger charge is -2.33. The average molecular weight is 386 g/mol. The van der Waals surface area contributed by atoms with Crippen molar-refractivity contribution in [2.45, 2.75) is 44.6 Å². The highest BCUT2D eigenvalue weighted by Gasteiger charge is 2.47. The van der Waals surface area contributed by atoms with E-state index in [1.807, 2.05) is 13.0 Å². The van der Waals surface area contributed by atoms with Gasteiger partial charge in [-0.3, -0.25) is 4.79 Å². The van der Waals surface area contributed by atoms with Crippen molar-refractivity contribution in [2.75, 3.05) is 0 Å². The van der Waals surface area contributed by atoms with Gasteiger partial charge in [0.15, 0.2) is 0 Å². The van der Waals surface area contributed by atoms with Crippen LogP contribution in [0.4, 0.5) is 4.39 Å². The molecule has 27 heavy (non-hydrogen) atoms. The number of nitrogens with one attached hydrogen (secondary N) is 1. The third-order valence-electron chi connectivity index (χ3n) is 5.80. The molecule has 4 rings (SSSR count). The molecule has 1 aliphatic heterocycles. The molecule has 5 heteroatoms. The van der Waals surface area contributed by atoms with E-state index in [1.54, 1.807) is 18.2 Å². The topological polar surface area (TPSA) is 49.3 Å². The summed E-state index contributed by atoms with van der Waals surface area (Å²) >= 11 is 6.47. The smallest absolute Gasteiger partial charge is 0.256 e. The number of amides is 1. The third kappa shape index (κ3) is 2.92. The lowest BCUT2D eigenvalue weighted by atomic mass is 9.80. The second-order valence-corrected chi connectivity index (χ2v) is 7.83. The molecule has 1 amide bonds. The quantitative estimate of drug-likeness (QED) is 0.711. The maximum absolute atomic E-state index is 13.3. The molecule has 0 atom stereocenters. The number of halogens is 2. The van der Waals surface area contributed by atoms with Crippen LogP contribution in [0.1, 0.15) is 43.2 Å². The van der Waals surface area contributed by atoms with Gasteiger partial charge in [0.2, 0.25) is 0 Å². The largest absolute Gasteiger partial charge is 0.509 e. The zero-order valence-electron chi connectivity index (χ0n) is 15.1. The second-order valence-electron chi connectivity index (χ2n) is 7.42. The van der Waals surface area contributed by atoms with Crippen molar-refractivity contribution in [3.8, 4) is 11.1 Å². The number of carbonyl (C=O) groups is 1. The minimum absolute atomic E-state index is 0.105. The van der Waals surface area contributed by atoms with Gasteiger partial charge in [-0.05, 0) is 54.7 Å². The molecule has 0 bridgehead atoms. The normalized spacial score (nSPS) is 18.9. The average Bonchev–Trinajstić information content (AvgIpc) is 2.88. The molecule has 0 saturated heterocycles. The standard InChI is InChI=1S/C22H21ClFNO2/c1-13-16(14-5-7-15(24)8-6-14)9-10-17(23)18(13)19-20(26)22(25-21(19)27)11-3-2-4-12-22/h5-10,26H,2-4,11-12H2,1H3,(H,25,27). The third-order valence-corrected chi connectivity index (χ3v) is 6.11. The Morgan fingerprint density at radius 1 is 1.07 bits per heavy atom. The molecule has 1 heterocycles. The molecule has 1 spiro atoms. The number of aliphatic hydroxyl groups excluding tert-OH is 1. The molecule has 1 fully saturated rings. The summed E-state index contributed by atoms with van der Waals surface area (Å²) < 4.78 is 13.3. The number of carbonyl (C=O) groups excluding carboxylic acids is 1. The Morgan fingerprint density at radius 3 is 2.41 bits per heavy atom. The summed E-state index contributed by atoms with van der Waals surface area (Å²) in [6.45, 7) is 1.87. The molecule has 140 valence electrons. The van der Waals surface area contributed by atoms with E-state index in [-0.39, 0.29) is 23.1 Å². The molecule has 2 aromatic carbocycles. The maximum atomic E-state index is 13.3. The van der Waals surface area contributed by atoms with Crippen LogP contribution >= 0.6 is 11.6 Å². The second kappa shape index (κ2) is 6.68. The van der Waals surface area contributed by atoms with Gasteiger partial charge < -0.3 is 10.4 Å². The Labute approximate surface area is 162 Å². The van der Waals surface area contributed by atoms with Gasteiger partial charge in [-0.25, -0.2) is 4.39 Å². The van der Waals surface area contributed by atoms with E-state index < -0.39 is 5.54 Å². The van der Waals surface area contributed by atoms with Crippen LogP contribution in [0.25, 0.3) is 16.7 Å². The molecule has 1 saturated carbocycles. The Morgan fingerprint density at radius 2 is 1.74 bits per heavy atom. The summed E-state index contributed by atoms with van der Waals surface area (Å²) in [6, 6.07) is 9.78. The van der Waals surface area contributed by atoms with Crippen molar-refractivity contribution >= 4 is 23.1 Å². The van der Waals surface area contributed by atoms with Gasteiger partial charge in [-0.15, -0.1) is 0 Å². The summed E-state index contributed by atoms with van der Waals surface area (Å²) in [6.07, 6.45) is 4.53. The van der Waals surface area contributed by atoms with E-state index in [9.17, 15) is 14.3 Å². The highest BCUT2D eigenvalue weighted by Crippen LogP contribution is 2.44. The van der Waals surface area contributed by atoms with Crippen LogP contribution in [0.5, 0.6) is 0 Å². The molecular weight excluding hydrogens is 365 g/mol. The zero-order valence-corrected chi connectivity index (χ0v) is 15.9. The molecular formula is C22H21ClFNO2. The fourth-order valence-electron chi connectivity index (χ4n) is 4.36. The van der Waals surface area contributed by atoms with Crippen LogP contribution in [0.2, 0.25) is 5.02 Å². The number of hydrogen-bond donors (Lipinski definition) is 2. The minimum Gasteiger partial charge on any atom is -0.509 e. The van der Waals surface area contributed by atoms with E-state index in [4.69, 9.17) is 11.6 Å². The number of rotatable bonds is 2. The van der Waals surface area contributed by atoms with Crippen LogP contribution in [-0.4, -0.2) is 16.6 Å². The summed E-state index contributed by atoms with van der Waals surface area (Å²) in [5.74, 6) is -0.482. The molecule has 1 aliphatic carbocycles. The van der Waals surface area contributed by atoms with E-state index in [2.05, 4.69) is 5.32 Å². The van der Waals surface area contributed by atoms with Crippen molar-refractivity contribution in [3.63, 3.8) is 0 Å². The fraction of sp³-hybridized carbons (Fsp3) is 0.318. The van der Waals surface area contributed by atoms with Gasteiger partial charge in [-0.2, -0.15) is 0 Å². The highest BCUT2D eigenvalue weighted by molar-refractivity contribution is 6.36.